The number of fused-ring (bicyclic) bond motifs is 1. The lowest BCUT2D eigenvalue weighted by molar-refractivity contribution is -0.114. The van der Waals surface area contributed by atoms with Crippen LogP contribution in [0.1, 0.15) is 49.8 Å². The number of nitrogens with one attached hydrogen (secondary N) is 1. The lowest BCUT2D eigenvalue weighted by atomic mass is 9.98. The number of ether oxygens (including phenoxy) is 2. The highest BCUT2D eigenvalue weighted by atomic mass is 16.5. The van der Waals surface area contributed by atoms with E-state index in [0.29, 0.717) is 30.4 Å². The molecule has 0 bridgehead atoms. The Morgan fingerprint density at radius 2 is 1.69 bits per heavy atom. The minimum Gasteiger partial charge on any atom is -0.490 e. The summed E-state index contributed by atoms with van der Waals surface area (Å²) in [5.41, 5.74) is 4.68. The number of carbonyl (C=O) groups excluding carboxylic acids is 1. The maximum absolute atomic E-state index is 12.3. The number of hydrogen-bond donors (Lipinski definition) is 1. The number of nitrogens with zero attached hydrogens (tertiary/aromatic N) is 2. The first kappa shape index (κ1) is 22.3. The Morgan fingerprint density at radius 3 is 2.38 bits per heavy atom. The SMILES string of the molecule is CCOc1cc2c(cc1OCC)C(c1ccc(CCCN3CCCC3)cc1)=NCC(=O)N2. The van der Waals surface area contributed by atoms with Crippen molar-refractivity contribution in [3.05, 3.63) is 53.1 Å². The Labute approximate surface area is 190 Å². The summed E-state index contributed by atoms with van der Waals surface area (Å²) in [6, 6.07) is 12.4. The topological polar surface area (TPSA) is 63.2 Å². The van der Waals surface area contributed by atoms with Crippen LogP contribution in [0.2, 0.25) is 0 Å². The van der Waals surface area contributed by atoms with Crippen molar-refractivity contribution < 1.29 is 14.3 Å². The number of amides is 1. The van der Waals surface area contributed by atoms with Gasteiger partial charge in [-0.2, -0.15) is 0 Å². The zero-order chi connectivity index (χ0) is 22.3. The Bertz CT molecular complexity index is 963. The van der Waals surface area contributed by atoms with E-state index in [0.717, 1.165) is 23.3 Å². The maximum Gasteiger partial charge on any atom is 0.246 e. The molecule has 2 aromatic rings. The van der Waals surface area contributed by atoms with Crippen LogP contribution in [-0.4, -0.2) is 55.9 Å². The molecule has 6 heteroatoms. The quantitative estimate of drug-likeness (QED) is 0.638. The Hall–Kier alpha value is -2.86. The number of benzene rings is 2. The van der Waals surface area contributed by atoms with Gasteiger partial charge in [-0.1, -0.05) is 24.3 Å². The molecule has 0 aromatic heterocycles. The van der Waals surface area contributed by atoms with Crippen LogP contribution in [0.5, 0.6) is 11.5 Å². The summed E-state index contributed by atoms with van der Waals surface area (Å²) in [5, 5.41) is 2.96. The van der Waals surface area contributed by atoms with Crippen molar-refractivity contribution in [3.8, 4) is 11.5 Å². The van der Waals surface area contributed by atoms with Crippen molar-refractivity contribution in [2.75, 3.05) is 44.7 Å². The molecule has 1 N–H and O–H groups in total. The molecule has 2 aromatic carbocycles. The van der Waals surface area contributed by atoms with Crippen molar-refractivity contribution in [2.24, 2.45) is 4.99 Å². The van der Waals surface area contributed by atoms with Gasteiger partial charge < -0.3 is 19.7 Å². The molecule has 0 unspecified atom stereocenters. The zero-order valence-electron chi connectivity index (χ0n) is 19.2. The average molecular weight is 436 g/mol. The summed E-state index contributed by atoms with van der Waals surface area (Å²) in [6.07, 6.45) is 4.94. The molecule has 2 heterocycles. The molecule has 170 valence electrons. The number of carbonyl (C=O) groups is 1. The van der Waals surface area contributed by atoms with E-state index in [9.17, 15) is 4.79 Å². The first-order valence-electron chi connectivity index (χ1n) is 11.8. The van der Waals surface area contributed by atoms with Gasteiger partial charge >= 0.3 is 0 Å². The highest BCUT2D eigenvalue weighted by Gasteiger charge is 2.22. The van der Waals surface area contributed by atoms with Crippen LogP contribution < -0.4 is 14.8 Å². The van der Waals surface area contributed by atoms with Gasteiger partial charge in [-0.05, 0) is 70.8 Å². The molecule has 2 aliphatic heterocycles. The Kier molecular flexibility index (Phi) is 7.43. The maximum atomic E-state index is 12.3. The van der Waals surface area contributed by atoms with E-state index < -0.39 is 0 Å². The third kappa shape index (κ3) is 5.30. The number of aliphatic imine (C=N–C) groups is 1. The van der Waals surface area contributed by atoms with Crippen LogP contribution >= 0.6 is 0 Å². The van der Waals surface area contributed by atoms with Crippen molar-refractivity contribution in [2.45, 2.75) is 39.5 Å². The monoisotopic (exact) mass is 435 g/mol. The van der Waals surface area contributed by atoms with Gasteiger partial charge in [-0.25, -0.2) is 0 Å². The van der Waals surface area contributed by atoms with Gasteiger partial charge in [0.05, 0.1) is 24.6 Å². The van der Waals surface area contributed by atoms with Crippen LogP contribution in [0.4, 0.5) is 5.69 Å². The highest BCUT2D eigenvalue weighted by Crippen LogP contribution is 2.36. The largest absolute Gasteiger partial charge is 0.490 e. The average Bonchev–Trinajstić information content (AvgIpc) is 3.25. The van der Waals surface area contributed by atoms with Crippen LogP contribution in [0, 0.1) is 0 Å². The molecule has 0 spiro atoms. The first-order valence-corrected chi connectivity index (χ1v) is 11.8. The highest BCUT2D eigenvalue weighted by molar-refractivity contribution is 6.19. The summed E-state index contributed by atoms with van der Waals surface area (Å²) in [5.74, 6) is 1.16. The van der Waals surface area contributed by atoms with Crippen molar-refractivity contribution in [1.82, 2.24) is 4.90 Å². The second-order valence-corrected chi connectivity index (χ2v) is 8.27. The molecule has 4 rings (SSSR count). The smallest absolute Gasteiger partial charge is 0.246 e. The van der Waals surface area contributed by atoms with Crippen LogP contribution in [-0.2, 0) is 11.2 Å². The van der Waals surface area contributed by atoms with Gasteiger partial charge in [0, 0.05) is 17.2 Å². The van der Waals surface area contributed by atoms with E-state index in [1.165, 1.54) is 44.5 Å². The van der Waals surface area contributed by atoms with E-state index in [1.807, 2.05) is 26.0 Å². The fourth-order valence-electron chi connectivity index (χ4n) is 4.41. The van der Waals surface area contributed by atoms with E-state index in [1.54, 1.807) is 0 Å². The lowest BCUT2D eigenvalue weighted by Crippen LogP contribution is -2.20. The Balaban J connectivity index is 1.56. The summed E-state index contributed by atoms with van der Waals surface area (Å²) in [6.45, 7) is 8.70. The van der Waals surface area contributed by atoms with Gasteiger partial charge in [0.15, 0.2) is 11.5 Å². The van der Waals surface area contributed by atoms with E-state index in [4.69, 9.17) is 9.47 Å². The molecular formula is C26H33N3O3. The van der Waals surface area contributed by atoms with Crippen LogP contribution in [0.3, 0.4) is 0 Å². The molecule has 0 atom stereocenters. The molecule has 6 nitrogen and oxygen atoms in total. The summed E-state index contributed by atoms with van der Waals surface area (Å²) < 4.78 is 11.6. The number of rotatable bonds is 9. The van der Waals surface area contributed by atoms with Crippen LogP contribution in [0.25, 0.3) is 0 Å². The van der Waals surface area contributed by atoms with E-state index in [2.05, 4.69) is 39.5 Å². The number of benzodiazepines with no additional fused rings is 1. The first-order chi connectivity index (χ1) is 15.7. The molecule has 1 fully saturated rings. The normalized spacial score (nSPS) is 16.2. The fourth-order valence-corrected chi connectivity index (χ4v) is 4.41. The van der Waals surface area contributed by atoms with Gasteiger partial charge in [0.25, 0.3) is 0 Å². The number of aryl methyl sites for hydroxylation is 1. The number of anilines is 1. The number of likely N-dealkylation sites (tertiary alicyclic amines) is 1. The molecular weight excluding hydrogens is 402 g/mol. The van der Waals surface area contributed by atoms with Crippen molar-refractivity contribution >= 4 is 17.3 Å². The second-order valence-electron chi connectivity index (χ2n) is 8.27. The van der Waals surface area contributed by atoms with E-state index >= 15 is 0 Å². The Morgan fingerprint density at radius 1 is 1.00 bits per heavy atom. The minimum atomic E-state index is -0.133. The summed E-state index contributed by atoms with van der Waals surface area (Å²) in [4.78, 5) is 19.5. The summed E-state index contributed by atoms with van der Waals surface area (Å²) >= 11 is 0. The van der Waals surface area contributed by atoms with Crippen molar-refractivity contribution in [3.63, 3.8) is 0 Å². The van der Waals surface area contributed by atoms with Gasteiger partial charge in [-0.15, -0.1) is 0 Å². The van der Waals surface area contributed by atoms with Crippen molar-refractivity contribution in [1.29, 1.82) is 0 Å². The third-order valence-corrected chi connectivity index (χ3v) is 5.96. The minimum absolute atomic E-state index is 0.0928. The van der Waals surface area contributed by atoms with E-state index in [-0.39, 0.29) is 12.5 Å². The molecule has 32 heavy (non-hydrogen) atoms. The molecule has 2 aliphatic rings. The molecule has 1 saturated heterocycles. The van der Waals surface area contributed by atoms with Gasteiger partial charge in [0.1, 0.15) is 6.54 Å². The predicted octanol–water partition coefficient (Wildman–Crippen LogP) is 4.30. The number of hydrogen-bond acceptors (Lipinski definition) is 5. The molecule has 0 aliphatic carbocycles. The third-order valence-electron chi connectivity index (χ3n) is 5.96. The lowest BCUT2D eigenvalue weighted by Gasteiger charge is -2.17. The zero-order valence-corrected chi connectivity index (χ0v) is 19.2. The second kappa shape index (κ2) is 10.6. The molecule has 0 radical (unpaired) electrons. The molecule has 0 saturated carbocycles. The van der Waals surface area contributed by atoms with Gasteiger partial charge in [0.2, 0.25) is 5.91 Å². The standard InChI is InChI=1S/C26H33N3O3/c1-3-31-23-16-21-22(17-24(23)32-4-2)28-25(30)18-27-26(21)20-11-9-19(10-12-20)8-7-15-29-13-5-6-14-29/h9-12,16-17H,3-8,13-15,18H2,1-2H3,(H,28,30). The van der Waals surface area contributed by atoms with Gasteiger partial charge in [-0.3, -0.25) is 9.79 Å². The predicted molar refractivity (Wildman–Crippen MR) is 128 cm³/mol. The fraction of sp³-hybridized carbons (Fsp3) is 0.462. The summed E-state index contributed by atoms with van der Waals surface area (Å²) in [7, 11) is 0. The molecule has 1 amide bonds. The van der Waals surface area contributed by atoms with Crippen LogP contribution in [0.15, 0.2) is 41.4 Å².